The second kappa shape index (κ2) is 7.48. The van der Waals surface area contributed by atoms with E-state index in [0.29, 0.717) is 0 Å². The van der Waals surface area contributed by atoms with Crippen molar-refractivity contribution in [2.45, 2.75) is 6.42 Å². The van der Waals surface area contributed by atoms with Crippen molar-refractivity contribution >= 4 is 27.9 Å². The van der Waals surface area contributed by atoms with E-state index in [4.69, 9.17) is 0 Å². The third kappa shape index (κ3) is 5.59. The van der Waals surface area contributed by atoms with Gasteiger partial charge < -0.3 is 4.74 Å². The monoisotopic (exact) mass is 243 g/mol. The molecule has 0 bridgehead atoms. The zero-order valence-corrected chi connectivity index (χ0v) is 10.1. The van der Waals surface area contributed by atoms with Gasteiger partial charge in [-0.05, 0) is 12.0 Å². The van der Waals surface area contributed by atoms with Crippen molar-refractivity contribution in [1.29, 1.82) is 0 Å². The lowest BCUT2D eigenvalue weighted by atomic mass is 10.2. The lowest BCUT2D eigenvalue weighted by molar-refractivity contribution is 0.178. The van der Waals surface area contributed by atoms with Crippen molar-refractivity contribution in [2.75, 3.05) is 12.9 Å². The van der Waals surface area contributed by atoms with E-state index in [1.165, 1.54) is 23.7 Å². The van der Waals surface area contributed by atoms with Gasteiger partial charge in [0.05, 0.1) is 7.11 Å². The minimum atomic E-state index is -0.410. The van der Waals surface area contributed by atoms with E-state index in [1.54, 1.807) is 10.8 Å². The number of nitrogens with one attached hydrogen (secondary N) is 1. The molecule has 1 aromatic carbocycles. The number of benzene rings is 1. The molecule has 15 heavy (non-hydrogen) atoms. The highest BCUT2D eigenvalue weighted by Gasteiger charge is 1.98. The van der Waals surface area contributed by atoms with Crippen LogP contribution in [-0.4, -0.2) is 19.0 Å². The molecule has 0 aliphatic rings. The number of ether oxygens (including phenoxy) is 1. The molecule has 82 valence electrons. The van der Waals surface area contributed by atoms with Gasteiger partial charge in [0.15, 0.2) is 0 Å². The van der Waals surface area contributed by atoms with Gasteiger partial charge in [0.25, 0.3) is 0 Å². The second-order valence-electron chi connectivity index (χ2n) is 2.73. The first kappa shape index (κ1) is 12.3. The van der Waals surface area contributed by atoms with Gasteiger partial charge in [-0.1, -0.05) is 41.1 Å². The van der Waals surface area contributed by atoms with Gasteiger partial charge in [0, 0.05) is 16.7 Å². The Labute approximate surface area is 97.5 Å². The van der Waals surface area contributed by atoms with Crippen LogP contribution in [0.25, 0.3) is 0 Å². The summed E-state index contributed by atoms with van der Waals surface area (Å²) < 4.78 is 6.97. The molecule has 1 N–H and O–H groups in total. The number of hydrogen-bond acceptors (Lipinski definition) is 4. The number of rotatable bonds is 5. The molecule has 1 rings (SSSR count). The van der Waals surface area contributed by atoms with Crippen molar-refractivity contribution in [3.8, 4) is 0 Å². The Balaban J connectivity index is 2.05. The van der Waals surface area contributed by atoms with Crippen LogP contribution in [0.5, 0.6) is 0 Å². The average molecular weight is 243 g/mol. The van der Waals surface area contributed by atoms with Crippen LogP contribution in [0.2, 0.25) is 0 Å². The minimum absolute atomic E-state index is 0.410. The first-order valence-corrected chi connectivity index (χ1v) is 6.81. The number of amides is 1. The lowest BCUT2D eigenvalue weighted by Gasteiger charge is -2.02. The summed E-state index contributed by atoms with van der Waals surface area (Å²) in [5, 5.41) is 0. The Morgan fingerprint density at radius 2 is 2.13 bits per heavy atom. The topological polar surface area (TPSA) is 38.3 Å². The van der Waals surface area contributed by atoms with Gasteiger partial charge >= 0.3 is 6.09 Å². The Morgan fingerprint density at radius 3 is 2.80 bits per heavy atom. The highest BCUT2D eigenvalue weighted by Crippen LogP contribution is 2.18. The first-order chi connectivity index (χ1) is 7.33. The Morgan fingerprint density at radius 1 is 1.40 bits per heavy atom. The Kier molecular flexibility index (Phi) is 6.11. The summed E-state index contributed by atoms with van der Waals surface area (Å²) in [6, 6.07) is 10.3. The number of aryl methyl sites for hydroxylation is 1. The molecule has 0 spiro atoms. The standard InChI is InChI=1S/C10H13NO2S2/c1-13-10(12)11-15-14-8-7-9-5-3-2-4-6-9/h2-6H,7-8H2,1H3,(H,11,12). The molecule has 5 heteroatoms. The average Bonchev–Trinajstić information content (AvgIpc) is 2.29. The van der Waals surface area contributed by atoms with Crippen LogP contribution in [0.3, 0.4) is 0 Å². The predicted octanol–water partition coefficient (Wildman–Crippen LogP) is 2.88. The summed E-state index contributed by atoms with van der Waals surface area (Å²) in [5.74, 6) is 0.957. The van der Waals surface area contributed by atoms with Gasteiger partial charge in [-0.25, -0.2) is 4.79 Å². The molecule has 0 radical (unpaired) electrons. The molecule has 3 nitrogen and oxygen atoms in total. The van der Waals surface area contributed by atoms with Crippen molar-refractivity contribution in [3.05, 3.63) is 35.9 Å². The van der Waals surface area contributed by atoms with Crippen LogP contribution in [0.15, 0.2) is 30.3 Å². The minimum Gasteiger partial charge on any atom is -0.452 e. The first-order valence-electron chi connectivity index (χ1n) is 4.49. The summed E-state index contributed by atoms with van der Waals surface area (Å²) in [6.45, 7) is 0. The molecule has 0 saturated heterocycles. The Bertz CT molecular complexity index is 293. The molecular formula is C10H13NO2S2. The zero-order valence-electron chi connectivity index (χ0n) is 8.43. The summed E-state index contributed by atoms with van der Waals surface area (Å²) in [7, 11) is 4.25. The van der Waals surface area contributed by atoms with E-state index < -0.39 is 6.09 Å². The van der Waals surface area contributed by atoms with Crippen LogP contribution < -0.4 is 4.72 Å². The molecule has 0 unspecified atom stereocenters. The summed E-state index contributed by atoms with van der Waals surface area (Å²) in [5.41, 5.74) is 1.31. The van der Waals surface area contributed by atoms with E-state index in [-0.39, 0.29) is 0 Å². The van der Waals surface area contributed by atoms with Crippen molar-refractivity contribution in [1.82, 2.24) is 4.72 Å². The predicted molar refractivity (Wildman–Crippen MR) is 65.7 cm³/mol. The van der Waals surface area contributed by atoms with E-state index in [2.05, 4.69) is 21.6 Å². The molecule has 0 heterocycles. The molecule has 0 atom stereocenters. The van der Waals surface area contributed by atoms with Crippen LogP contribution >= 0.6 is 21.8 Å². The third-order valence-corrected chi connectivity index (χ3v) is 3.53. The fourth-order valence-electron chi connectivity index (χ4n) is 0.951. The summed E-state index contributed by atoms with van der Waals surface area (Å²) in [4.78, 5) is 10.7. The van der Waals surface area contributed by atoms with Crippen molar-refractivity contribution < 1.29 is 9.53 Å². The van der Waals surface area contributed by atoms with Gasteiger partial charge in [-0.3, -0.25) is 4.72 Å². The quantitative estimate of drug-likeness (QED) is 0.490. The van der Waals surface area contributed by atoms with Crippen molar-refractivity contribution in [2.24, 2.45) is 0 Å². The largest absolute Gasteiger partial charge is 0.452 e. The Hall–Kier alpha value is -0.810. The van der Waals surface area contributed by atoms with E-state index in [1.807, 2.05) is 18.2 Å². The molecule has 0 saturated carbocycles. The van der Waals surface area contributed by atoms with Crippen LogP contribution in [-0.2, 0) is 11.2 Å². The number of methoxy groups -OCH3 is 1. The smallest absolute Gasteiger partial charge is 0.417 e. The van der Waals surface area contributed by atoms with E-state index >= 15 is 0 Å². The zero-order chi connectivity index (χ0) is 10.9. The maximum atomic E-state index is 10.7. The van der Waals surface area contributed by atoms with E-state index in [0.717, 1.165) is 12.2 Å². The van der Waals surface area contributed by atoms with Crippen LogP contribution in [0.4, 0.5) is 4.79 Å². The second-order valence-corrected chi connectivity index (χ2v) is 4.96. The fourth-order valence-corrected chi connectivity index (χ4v) is 2.44. The maximum absolute atomic E-state index is 10.7. The molecule has 1 amide bonds. The van der Waals surface area contributed by atoms with Gasteiger partial charge in [0.2, 0.25) is 0 Å². The maximum Gasteiger partial charge on any atom is 0.417 e. The molecule has 0 aliphatic heterocycles. The number of carbonyl (C=O) groups is 1. The highest BCUT2D eigenvalue weighted by molar-refractivity contribution is 8.76. The van der Waals surface area contributed by atoms with Crippen LogP contribution in [0, 0.1) is 0 Å². The molecule has 1 aromatic rings. The summed E-state index contributed by atoms with van der Waals surface area (Å²) >= 11 is 0. The highest BCUT2D eigenvalue weighted by atomic mass is 33.1. The third-order valence-electron chi connectivity index (χ3n) is 1.69. The summed E-state index contributed by atoms with van der Waals surface area (Å²) in [6.07, 6.45) is 0.591. The molecular weight excluding hydrogens is 230 g/mol. The number of carbonyl (C=O) groups excluding carboxylic acids is 1. The molecule has 0 aliphatic carbocycles. The van der Waals surface area contributed by atoms with Crippen LogP contribution in [0.1, 0.15) is 5.56 Å². The van der Waals surface area contributed by atoms with E-state index in [9.17, 15) is 4.79 Å². The lowest BCUT2D eigenvalue weighted by Crippen LogP contribution is -2.13. The van der Waals surface area contributed by atoms with Gasteiger partial charge in [0.1, 0.15) is 0 Å². The fraction of sp³-hybridized carbons (Fsp3) is 0.300. The SMILES string of the molecule is COC(=O)NSSCCc1ccccc1. The number of hydrogen-bond donors (Lipinski definition) is 1. The molecule has 0 fully saturated rings. The van der Waals surface area contributed by atoms with Gasteiger partial charge in [-0.15, -0.1) is 0 Å². The van der Waals surface area contributed by atoms with Crippen molar-refractivity contribution in [3.63, 3.8) is 0 Å². The normalized spacial score (nSPS) is 9.67. The molecule has 0 aromatic heterocycles. The van der Waals surface area contributed by atoms with Gasteiger partial charge in [-0.2, -0.15) is 0 Å².